The number of rotatable bonds is 2. The number of carbonyl (C=O) groups is 1. The van der Waals surface area contributed by atoms with Crippen molar-refractivity contribution in [2.75, 3.05) is 0 Å². The Morgan fingerprint density at radius 1 is 1.44 bits per heavy atom. The zero-order valence-corrected chi connectivity index (χ0v) is 9.03. The molecule has 1 aromatic heterocycles. The summed E-state index contributed by atoms with van der Waals surface area (Å²) in [5, 5.41) is 0.435. The van der Waals surface area contributed by atoms with Gasteiger partial charge in [0.25, 0.3) is 0 Å². The van der Waals surface area contributed by atoms with E-state index in [2.05, 4.69) is 0 Å². The summed E-state index contributed by atoms with van der Waals surface area (Å²) >= 11 is 5.89. The Morgan fingerprint density at radius 2 is 2.19 bits per heavy atom. The van der Waals surface area contributed by atoms with Gasteiger partial charge in [-0.1, -0.05) is 11.6 Å². The average Bonchev–Trinajstić information content (AvgIpc) is 3.01. The highest BCUT2D eigenvalue weighted by Crippen LogP contribution is 2.37. The van der Waals surface area contributed by atoms with Crippen LogP contribution >= 0.6 is 11.6 Å². The monoisotopic (exact) mass is 237 g/mol. The number of hydrogen-bond acceptors (Lipinski definition) is 3. The Kier molecular flexibility index (Phi) is 1.94. The fourth-order valence-corrected chi connectivity index (χ4v) is 2.11. The van der Waals surface area contributed by atoms with Gasteiger partial charge in [0.15, 0.2) is 11.9 Å². The third-order valence-electron chi connectivity index (χ3n) is 2.75. The van der Waals surface area contributed by atoms with Gasteiger partial charge < -0.3 is 4.42 Å². The van der Waals surface area contributed by atoms with Crippen molar-refractivity contribution < 1.29 is 9.21 Å². The Balaban J connectivity index is 2.43. The van der Waals surface area contributed by atoms with E-state index in [4.69, 9.17) is 16.0 Å². The molecule has 5 heteroatoms. The van der Waals surface area contributed by atoms with Gasteiger partial charge in [0, 0.05) is 11.1 Å². The van der Waals surface area contributed by atoms with Crippen molar-refractivity contribution in [3.05, 3.63) is 33.3 Å². The quantitative estimate of drug-likeness (QED) is 0.754. The molecular weight excluding hydrogens is 230 g/mol. The molecule has 0 bridgehead atoms. The molecule has 1 fully saturated rings. The lowest BCUT2D eigenvalue weighted by Crippen LogP contribution is -2.11. The molecule has 0 saturated heterocycles. The van der Waals surface area contributed by atoms with E-state index < -0.39 is 5.76 Å². The molecule has 1 aliphatic carbocycles. The topological polar surface area (TPSA) is 52.2 Å². The van der Waals surface area contributed by atoms with Crippen molar-refractivity contribution in [3.8, 4) is 0 Å². The smallest absolute Gasteiger partial charge is 0.407 e. The summed E-state index contributed by atoms with van der Waals surface area (Å²) < 4.78 is 6.67. The number of benzene rings is 1. The third-order valence-corrected chi connectivity index (χ3v) is 2.97. The lowest BCUT2D eigenvalue weighted by molar-refractivity contribution is 0.112. The molecule has 0 aliphatic heterocycles. The van der Waals surface area contributed by atoms with Crippen LogP contribution in [0.5, 0.6) is 0 Å². The van der Waals surface area contributed by atoms with Crippen molar-refractivity contribution in [1.29, 1.82) is 0 Å². The zero-order chi connectivity index (χ0) is 11.3. The van der Waals surface area contributed by atoms with Crippen molar-refractivity contribution in [1.82, 2.24) is 4.57 Å². The molecule has 0 unspecified atom stereocenters. The number of halogens is 1. The predicted molar refractivity (Wildman–Crippen MR) is 59.1 cm³/mol. The van der Waals surface area contributed by atoms with Gasteiger partial charge in [-0.05, 0) is 25.0 Å². The van der Waals surface area contributed by atoms with Gasteiger partial charge in [0.2, 0.25) is 0 Å². The predicted octanol–water partition coefficient (Wildman–Crippen LogP) is 2.40. The van der Waals surface area contributed by atoms with Crippen molar-refractivity contribution >= 4 is 29.0 Å². The number of carbonyl (C=O) groups excluding carboxylic acids is 1. The van der Waals surface area contributed by atoms with Crippen LogP contribution in [0.4, 0.5) is 0 Å². The van der Waals surface area contributed by atoms with Gasteiger partial charge in [0.1, 0.15) is 0 Å². The van der Waals surface area contributed by atoms with Gasteiger partial charge in [-0.15, -0.1) is 0 Å². The van der Waals surface area contributed by atoms with Crippen LogP contribution in [0.15, 0.2) is 21.3 Å². The Hall–Kier alpha value is -1.55. The molecule has 3 rings (SSSR count). The third kappa shape index (κ3) is 1.30. The highest BCUT2D eigenvalue weighted by Gasteiger charge is 2.29. The highest BCUT2D eigenvalue weighted by molar-refractivity contribution is 6.31. The van der Waals surface area contributed by atoms with E-state index in [0.717, 1.165) is 12.8 Å². The second-order valence-electron chi connectivity index (χ2n) is 3.93. The van der Waals surface area contributed by atoms with Crippen LogP contribution < -0.4 is 5.76 Å². The van der Waals surface area contributed by atoms with Gasteiger partial charge in [0.05, 0.1) is 11.1 Å². The molecule has 16 heavy (non-hydrogen) atoms. The molecule has 1 heterocycles. The summed E-state index contributed by atoms with van der Waals surface area (Å²) in [6, 6.07) is 3.36. The van der Waals surface area contributed by atoms with E-state index in [9.17, 15) is 9.59 Å². The minimum atomic E-state index is -0.414. The van der Waals surface area contributed by atoms with E-state index in [-0.39, 0.29) is 6.04 Å². The average molecular weight is 238 g/mol. The fraction of sp³-hybridized carbons (Fsp3) is 0.273. The summed E-state index contributed by atoms with van der Waals surface area (Å²) in [6.45, 7) is 0. The number of aromatic nitrogens is 1. The molecule has 82 valence electrons. The van der Waals surface area contributed by atoms with Crippen LogP contribution in [0.1, 0.15) is 29.2 Å². The minimum absolute atomic E-state index is 0.201. The largest absolute Gasteiger partial charge is 0.420 e. The Labute approximate surface area is 95.4 Å². The molecule has 0 N–H and O–H groups in total. The van der Waals surface area contributed by atoms with Crippen LogP contribution in [-0.2, 0) is 0 Å². The van der Waals surface area contributed by atoms with Gasteiger partial charge >= 0.3 is 5.76 Å². The zero-order valence-electron chi connectivity index (χ0n) is 8.27. The van der Waals surface area contributed by atoms with E-state index in [1.165, 1.54) is 6.07 Å². The van der Waals surface area contributed by atoms with Crippen LogP contribution in [0, 0.1) is 0 Å². The summed E-state index contributed by atoms with van der Waals surface area (Å²) in [6.07, 6.45) is 2.59. The van der Waals surface area contributed by atoms with Gasteiger partial charge in [-0.3, -0.25) is 9.36 Å². The standard InChI is InChI=1S/C11H8ClNO3/c12-7-3-6(5-14)10-9(4-7)13(8-1-2-8)11(15)16-10/h3-5,8H,1-2H2. The maximum atomic E-state index is 11.6. The number of aldehydes is 1. The first-order valence-corrected chi connectivity index (χ1v) is 5.38. The molecule has 4 nitrogen and oxygen atoms in total. The van der Waals surface area contributed by atoms with Gasteiger partial charge in [-0.2, -0.15) is 0 Å². The van der Waals surface area contributed by atoms with Crippen LogP contribution in [0.2, 0.25) is 5.02 Å². The van der Waals surface area contributed by atoms with Crippen LogP contribution in [0.3, 0.4) is 0 Å². The second kappa shape index (κ2) is 3.22. The second-order valence-corrected chi connectivity index (χ2v) is 4.37. The molecule has 1 saturated carbocycles. The van der Waals surface area contributed by atoms with Gasteiger partial charge in [-0.25, -0.2) is 4.79 Å². The number of fused-ring (bicyclic) bond motifs is 1. The normalized spacial score (nSPS) is 15.6. The van der Waals surface area contributed by atoms with Crippen molar-refractivity contribution in [2.24, 2.45) is 0 Å². The molecule has 0 spiro atoms. The molecule has 0 atom stereocenters. The lowest BCUT2D eigenvalue weighted by atomic mass is 10.2. The maximum absolute atomic E-state index is 11.6. The Morgan fingerprint density at radius 3 is 2.81 bits per heavy atom. The first kappa shape index (κ1) is 9.66. The summed E-state index contributed by atoms with van der Waals surface area (Å²) in [5.74, 6) is -0.414. The number of oxazole rings is 1. The summed E-state index contributed by atoms with van der Waals surface area (Å²) in [5.41, 5.74) is 1.26. The van der Waals surface area contributed by atoms with Crippen molar-refractivity contribution in [3.63, 3.8) is 0 Å². The van der Waals surface area contributed by atoms with E-state index in [0.29, 0.717) is 28.0 Å². The van der Waals surface area contributed by atoms with E-state index in [1.807, 2.05) is 0 Å². The SMILES string of the molecule is O=Cc1cc(Cl)cc2c1oc(=O)n2C1CC1. The Bertz CT molecular complexity index is 636. The summed E-state index contributed by atoms with van der Waals surface area (Å²) in [7, 11) is 0. The molecule has 2 aromatic rings. The molecular formula is C11H8ClNO3. The molecule has 1 aliphatic rings. The first-order valence-electron chi connectivity index (χ1n) is 5.00. The molecule has 1 aromatic carbocycles. The summed E-state index contributed by atoms with van der Waals surface area (Å²) in [4.78, 5) is 22.5. The van der Waals surface area contributed by atoms with E-state index in [1.54, 1.807) is 10.6 Å². The van der Waals surface area contributed by atoms with Crippen LogP contribution in [-0.4, -0.2) is 10.9 Å². The minimum Gasteiger partial charge on any atom is -0.407 e. The molecule has 0 radical (unpaired) electrons. The molecule has 0 amide bonds. The first-order chi connectivity index (χ1) is 7.70. The van der Waals surface area contributed by atoms with Crippen LogP contribution in [0.25, 0.3) is 11.1 Å². The van der Waals surface area contributed by atoms with E-state index >= 15 is 0 Å². The van der Waals surface area contributed by atoms with Crippen molar-refractivity contribution in [2.45, 2.75) is 18.9 Å². The maximum Gasteiger partial charge on any atom is 0.420 e. The fourth-order valence-electron chi connectivity index (χ4n) is 1.89. The highest BCUT2D eigenvalue weighted by atomic mass is 35.5. The number of nitrogens with zero attached hydrogens (tertiary/aromatic N) is 1. The lowest BCUT2D eigenvalue weighted by Gasteiger charge is -1.99. The number of hydrogen-bond donors (Lipinski definition) is 0.